The average Bonchev–Trinajstić information content (AvgIpc) is 2.65. The molecule has 0 bridgehead atoms. The molecule has 1 aromatic heterocycles. The lowest BCUT2D eigenvalue weighted by Crippen LogP contribution is -2.10. The molecule has 15 heavy (non-hydrogen) atoms. The summed E-state index contributed by atoms with van der Waals surface area (Å²) >= 11 is 1.34. The van der Waals surface area contributed by atoms with Crippen molar-refractivity contribution < 1.29 is 9.90 Å². The molecule has 4 nitrogen and oxygen atoms in total. The summed E-state index contributed by atoms with van der Waals surface area (Å²) in [6.07, 6.45) is 1.67. The van der Waals surface area contributed by atoms with E-state index in [1.807, 2.05) is 6.07 Å². The van der Waals surface area contributed by atoms with Gasteiger partial charge in [-0.1, -0.05) is 0 Å². The summed E-state index contributed by atoms with van der Waals surface area (Å²) in [6, 6.07) is 3.68. The fraction of sp³-hybridized carbons (Fsp3) is 0.400. The van der Waals surface area contributed by atoms with Gasteiger partial charge in [0.05, 0.1) is 5.56 Å². The number of nitrogens with one attached hydrogen (secondary N) is 1. The maximum Gasteiger partial charge on any atom is 0.225 e. The zero-order chi connectivity index (χ0) is 11.1. The van der Waals surface area contributed by atoms with Gasteiger partial charge in [0.1, 0.15) is 11.1 Å². The van der Waals surface area contributed by atoms with Crippen LogP contribution in [0.4, 0.5) is 5.00 Å². The van der Waals surface area contributed by atoms with Gasteiger partial charge >= 0.3 is 0 Å². The van der Waals surface area contributed by atoms with Crippen molar-refractivity contribution in [3.8, 4) is 6.07 Å². The smallest absolute Gasteiger partial charge is 0.225 e. The fourth-order valence-corrected chi connectivity index (χ4v) is 1.83. The van der Waals surface area contributed by atoms with Crippen molar-refractivity contribution in [2.45, 2.75) is 19.3 Å². The molecule has 1 heterocycles. The van der Waals surface area contributed by atoms with Gasteiger partial charge in [-0.05, 0) is 24.3 Å². The number of hydrogen-bond acceptors (Lipinski definition) is 4. The van der Waals surface area contributed by atoms with Crippen LogP contribution in [0.15, 0.2) is 11.4 Å². The summed E-state index contributed by atoms with van der Waals surface area (Å²) in [4.78, 5) is 11.4. The molecule has 0 aliphatic rings. The molecule has 0 aliphatic carbocycles. The minimum atomic E-state index is -0.109. The molecule has 0 saturated heterocycles. The van der Waals surface area contributed by atoms with Gasteiger partial charge in [0.25, 0.3) is 0 Å². The van der Waals surface area contributed by atoms with Crippen molar-refractivity contribution in [3.63, 3.8) is 0 Å². The Kier molecular flexibility index (Phi) is 4.81. The second kappa shape index (κ2) is 6.17. The van der Waals surface area contributed by atoms with Crippen LogP contribution < -0.4 is 5.32 Å². The molecule has 0 unspecified atom stereocenters. The van der Waals surface area contributed by atoms with E-state index in [1.54, 1.807) is 11.4 Å². The van der Waals surface area contributed by atoms with E-state index in [2.05, 4.69) is 5.32 Å². The van der Waals surface area contributed by atoms with Crippen LogP contribution in [0.5, 0.6) is 0 Å². The van der Waals surface area contributed by atoms with Gasteiger partial charge in [-0.3, -0.25) is 4.79 Å². The molecule has 1 amide bonds. The van der Waals surface area contributed by atoms with Crippen molar-refractivity contribution in [3.05, 3.63) is 17.0 Å². The third-order valence-corrected chi connectivity index (χ3v) is 2.68. The van der Waals surface area contributed by atoms with Crippen LogP contribution in [-0.2, 0) is 4.79 Å². The number of nitrogens with zero attached hydrogens (tertiary/aromatic N) is 1. The predicted molar refractivity (Wildman–Crippen MR) is 58.6 cm³/mol. The monoisotopic (exact) mass is 224 g/mol. The summed E-state index contributed by atoms with van der Waals surface area (Å²) in [5.41, 5.74) is 0.496. The van der Waals surface area contributed by atoms with E-state index in [0.717, 1.165) is 0 Å². The highest BCUT2D eigenvalue weighted by molar-refractivity contribution is 7.14. The molecule has 0 atom stereocenters. The number of hydrogen-bond donors (Lipinski definition) is 2. The number of unbranched alkanes of at least 4 members (excludes halogenated alkanes) is 1. The van der Waals surface area contributed by atoms with Gasteiger partial charge in [-0.25, -0.2) is 0 Å². The first-order chi connectivity index (χ1) is 7.27. The number of aliphatic hydroxyl groups excluding tert-OH is 1. The van der Waals surface area contributed by atoms with E-state index in [4.69, 9.17) is 10.4 Å². The van der Waals surface area contributed by atoms with Crippen LogP contribution in [-0.4, -0.2) is 17.6 Å². The van der Waals surface area contributed by atoms with E-state index in [0.29, 0.717) is 29.8 Å². The number of anilines is 1. The number of carbonyl (C=O) groups is 1. The molecule has 80 valence electrons. The van der Waals surface area contributed by atoms with Crippen molar-refractivity contribution in [1.29, 1.82) is 5.26 Å². The summed E-state index contributed by atoms with van der Waals surface area (Å²) in [6.45, 7) is 0.107. The topological polar surface area (TPSA) is 73.1 Å². The maximum absolute atomic E-state index is 11.4. The molecular formula is C10H12N2O2S. The number of aliphatic hydroxyl groups is 1. The van der Waals surface area contributed by atoms with Crippen molar-refractivity contribution in [2.75, 3.05) is 11.9 Å². The second-order valence-corrected chi connectivity index (χ2v) is 3.92. The van der Waals surface area contributed by atoms with Gasteiger partial charge in [0.15, 0.2) is 0 Å². The quantitative estimate of drug-likeness (QED) is 0.748. The SMILES string of the molecule is N#Cc1ccsc1NC(=O)CCCCO. The third kappa shape index (κ3) is 3.70. The van der Waals surface area contributed by atoms with E-state index >= 15 is 0 Å². The highest BCUT2D eigenvalue weighted by Crippen LogP contribution is 2.22. The molecule has 1 rings (SSSR count). The van der Waals surface area contributed by atoms with Crippen molar-refractivity contribution >= 4 is 22.2 Å². The van der Waals surface area contributed by atoms with Crippen LogP contribution in [0.1, 0.15) is 24.8 Å². The van der Waals surface area contributed by atoms with Crippen LogP contribution in [0, 0.1) is 11.3 Å². The van der Waals surface area contributed by atoms with Gasteiger partial charge in [-0.2, -0.15) is 5.26 Å². The Morgan fingerprint density at radius 2 is 2.40 bits per heavy atom. The van der Waals surface area contributed by atoms with E-state index in [1.165, 1.54) is 11.3 Å². The van der Waals surface area contributed by atoms with Gasteiger partial charge < -0.3 is 10.4 Å². The van der Waals surface area contributed by atoms with Gasteiger partial charge in [0, 0.05) is 13.0 Å². The van der Waals surface area contributed by atoms with Crippen LogP contribution in [0.3, 0.4) is 0 Å². The molecule has 0 spiro atoms. The molecule has 0 aromatic carbocycles. The largest absolute Gasteiger partial charge is 0.396 e. The highest BCUT2D eigenvalue weighted by atomic mass is 32.1. The lowest BCUT2D eigenvalue weighted by Gasteiger charge is -2.02. The number of nitriles is 1. The summed E-state index contributed by atoms with van der Waals surface area (Å²) in [7, 11) is 0. The zero-order valence-corrected chi connectivity index (χ0v) is 9.01. The van der Waals surface area contributed by atoms with Crippen molar-refractivity contribution in [1.82, 2.24) is 0 Å². The molecule has 0 saturated carbocycles. The number of amides is 1. The van der Waals surface area contributed by atoms with Gasteiger partial charge in [0.2, 0.25) is 5.91 Å². The molecular weight excluding hydrogens is 212 g/mol. The Bertz CT molecular complexity index is 368. The van der Waals surface area contributed by atoms with Crippen LogP contribution >= 0.6 is 11.3 Å². The third-order valence-electron chi connectivity index (χ3n) is 1.85. The van der Waals surface area contributed by atoms with Crippen LogP contribution in [0.2, 0.25) is 0 Å². The molecule has 0 fully saturated rings. The van der Waals surface area contributed by atoms with E-state index in [-0.39, 0.29) is 12.5 Å². The summed E-state index contributed by atoms with van der Waals surface area (Å²) in [5, 5.41) is 22.3. The molecule has 5 heteroatoms. The Hall–Kier alpha value is -1.38. The Balaban J connectivity index is 2.42. The molecule has 0 aliphatic heterocycles. The standard InChI is InChI=1S/C10H12N2O2S/c11-7-8-4-6-15-10(8)12-9(14)3-1-2-5-13/h4,6,13H,1-3,5H2,(H,12,14). The first-order valence-electron chi connectivity index (χ1n) is 4.66. The minimum absolute atomic E-state index is 0.107. The summed E-state index contributed by atoms with van der Waals surface area (Å²) < 4.78 is 0. The highest BCUT2D eigenvalue weighted by Gasteiger charge is 2.07. The molecule has 1 aromatic rings. The number of thiophene rings is 1. The lowest BCUT2D eigenvalue weighted by molar-refractivity contribution is -0.116. The maximum atomic E-state index is 11.4. The van der Waals surface area contributed by atoms with E-state index in [9.17, 15) is 4.79 Å². The minimum Gasteiger partial charge on any atom is -0.396 e. The first kappa shape index (κ1) is 11.7. The molecule has 0 radical (unpaired) electrons. The Morgan fingerprint density at radius 3 is 3.07 bits per heavy atom. The molecule has 2 N–H and O–H groups in total. The van der Waals surface area contributed by atoms with E-state index < -0.39 is 0 Å². The Labute approximate surface area is 92.2 Å². The average molecular weight is 224 g/mol. The second-order valence-electron chi connectivity index (χ2n) is 3.00. The van der Waals surface area contributed by atoms with Crippen LogP contribution in [0.25, 0.3) is 0 Å². The number of carbonyl (C=O) groups excluding carboxylic acids is 1. The first-order valence-corrected chi connectivity index (χ1v) is 5.54. The lowest BCUT2D eigenvalue weighted by atomic mass is 10.2. The predicted octanol–water partition coefficient (Wildman–Crippen LogP) is 1.72. The Morgan fingerprint density at radius 1 is 1.60 bits per heavy atom. The number of rotatable bonds is 5. The fourth-order valence-electron chi connectivity index (χ4n) is 1.08. The van der Waals surface area contributed by atoms with Crippen molar-refractivity contribution in [2.24, 2.45) is 0 Å². The van der Waals surface area contributed by atoms with Gasteiger partial charge in [-0.15, -0.1) is 11.3 Å². The summed E-state index contributed by atoms with van der Waals surface area (Å²) in [5.74, 6) is -0.109. The zero-order valence-electron chi connectivity index (χ0n) is 8.19. The normalized spacial score (nSPS) is 9.60.